The van der Waals surface area contributed by atoms with Crippen LogP contribution in [0.2, 0.25) is 0 Å². The molecule has 2 aromatic rings. The Morgan fingerprint density at radius 3 is 2.81 bits per heavy atom. The molecule has 2 aromatic heterocycles. The van der Waals surface area contributed by atoms with Gasteiger partial charge in [-0.15, -0.1) is 0 Å². The van der Waals surface area contributed by atoms with E-state index in [4.69, 9.17) is 0 Å². The molecule has 0 saturated carbocycles. The number of carbonyl (C=O) groups is 2. The number of likely N-dealkylation sites (N-methyl/N-ethyl adjacent to an activating group) is 1. The third kappa shape index (κ3) is 4.03. The summed E-state index contributed by atoms with van der Waals surface area (Å²) in [5.74, 6) is -0.298. The summed E-state index contributed by atoms with van der Waals surface area (Å²) < 4.78 is 1.82. The van der Waals surface area contributed by atoms with Crippen LogP contribution in [0.4, 0.5) is 0 Å². The van der Waals surface area contributed by atoms with Crippen LogP contribution in [0.15, 0.2) is 24.5 Å². The van der Waals surface area contributed by atoms with Crippen LogP contribution in [0.5, 0.6) is 0 Å². The van der Waals surface area contributed by atoms with E-state index in [9.17, 15) is 14.7 Å². The number of aliphatic hydroxyl groups excluding tert-OH is 1. The molecule has 2 N–H and O–H groups in total. The number of aliphatic hydroxyl groups is 1. The number of nitrogens with one attached hydrogen (secondary N) is 1. The molecule has 0 unspecified atom stereocenters. The molecule has 1 saturated heterocycles. The average Bonchev–Trinajstić information content (AvgIpc) is 3.00. The molecule has 0 aliphatic carbocycles. The summed E-state index contributed by atoms with van der Waals surface area (Å²) in [7, 11) is 3.42. The maximum Gasteiger partial charge on any atom is 0.271 e. The van der Waals surface area contributed by atoms with Gasteiger partial charge in [0.2, 0.25) is 5.91 Å². The van der Waals surface area contributed by atoms with Crippen molar-refractivity contribution in [2.75, 3.05) is 33.7 Å². The number of nitrogens with zero attached hydrogens (tertiary/aromatic N) is 4. The van der Waals surface area contributed by atoms with Crippen LogP contribution < -0.4 is 5.32 Å². The van der Waals surface area contributed by atoms with Gasteiger partial charge >= 0.3 is 0 Å². The van der Waals surface area contributed by atoms with Gasteiger partial charge < -0.3 is 19.7 Å². The Morgan fingerprint density at radius 1 is 1.35 bits per heavy atom. The van der Waals surface area contributed by atoms with Gasteiger partial charge in [-0.05, 0) is 25.0 Å². The zero-order valence-corrected chi connectivity index (χ0v) is 15.3. The van der Waals surface area contributed by atoms with Gasteiger partial charge in [0, 0.05) is 39.6 Å². The van der Waals surface area contributed by atoms with Gasteiger partial charge in [0.15, 0.2) is 0 Å². The van der Waals surface area contributed by atoms with Crippen molar-refractivity contribution in [3.8, 4) is 0 Å². The van der Waals surface area contributed by atoms with E-state index < -0.39 is 6.10 Å². The number of aryl methyl sites for hydroxylation is 1. The lowest BCUT2D eigenvalue weighted by molar-refractivity contribution is -0.130. The summed E-state index contributed by atoms with van der Waals surface area (Å²) in [4.78, 5) is 32.0. The fraction of sp³-hybridized carbons (Fsp3) is 0.500. The summed E-state index contributed by atoms with van der Waals surface area (Å²) in [6, 6.07) is 3.46. The van der Waals surface area contributed by atoms with Crippen LogP contribution in [0.1, 0.15) is 22.5 Å². The standard InChI is InChI=1S/C18H25N5O3/c1-12-4-5-16-19-14(9-23(16)8-12)18(26)20-13-6-7-22(10-15(13)24)11-17(25)21(2)3/h4-5,8-9,13,15,24H,6-7,10-11H2,1-3H3,(H,20,26)/t13-,15-/m1/s1. The smallest absolute Gasteiger partial charge is 0.271 e. The molecule has 0 radical (unpaired) electrons. The Kier molecular flexibility index (Phi) is 5.24. The molecule has 3 rings (SSSR count). The van der Waals surface area contributed by atoms with Crippen LogP contribution >= 0.6 is 0 Å². The molecular weight excluding hydrogens is 334 g/mol. The van der Waals surface area contributed by atoms with E-state index in [0.29, 0.717) is 30.9 Å². The Balaban J connectivity index is 1.60. The van der Waals surface area contributed by atoms with Crippen molar-refractivity contribution in [1.29, 1.82) is 0 Å². The van der Waals surface area contributed by atoms with Crippen LogP contribution in [-0.2, 0) is 4.79 Å². The molecule has 0 aromatic carbocycles. The first kappa shape index (κ1) is 18.3. The molecule has 26 heavy (non-hydrogen) atoms. The number of rotatable bonds is 4. The number of imidazole rings is 1. The largest absolute Gasteiger partial charge is 0.390 e. The predicted molar refractivity (Wildman–Crippen MR) is 96.9 cm³/mol. The van der Waals surface area contributed by atoms with E-state index in [-0.39, 0.29) is 24.4 Å². The fourth-order valence-electron chi connectivity index (χ4n) is 3.10. The minimum Gasteiger partial charge on any atom is -0.390 e. The first-order valence-corrected chi connectivity index (χ1v) is 8.70. The Bertz CT molecular complexity index is 816. The van der Waals surface area contributed by atoms with Crippen molar-refractivity contribution in [2.24, 2.45) is 0 Å². The van der Waals surface area contributed by atoms with E-state index >= 15 is 0 Å². The number of β-amino-alcohol motifs (C(OH)–C–C–N with tert-alkyl or cyclic N) is 1. The molecular formula is C18H25N5O3. The van der Waals surface area contributed by atoms with Gasteiger partial charge in [-0.3, -0.25) is 14.5 Å². The van der Waals surface area contributed by atoms with Crippen molar-refractivity contribution in [2.45, 2.75) is 25.5 Å². The highest BCUT2D eigenvalue weighted by Crippen LogP contribution is 2.13. The minimum atomic E-state index is -0.720. The van der Waals surface area contributed by atoms with Crippen molar-refractivity contribution in [3.05, 3.63) is 35.8 Å². The lowest BCUT2D eigenvalue weighted by Gasteiger charge is -2.36. The summed E-state index contributed by atoms with van der Waals surface area (Å²) in [5.41, 5.74) is 2.11. The SMILES string of the molecule is Cc1ccc2nc(C(=O)N[C@@H]3CCN(CC(=O)N(C)C)C[C@H]3O)cn2c1. The van der Waals surface area contributed by atoms with E-state index in [1.807, 2.05) is 34.6 Å². The van der Waals surface area contributed by atoms with Crippen molar-refractivity contribution in [1.82, 2.24) is 24.5 Å². The number of hydrogen-bond acceptors (Lipinski definition) is 5. The van der Waals surface area contributed by atoms with Crippen LogP contribution in [0, 0.1) is 6.92 Å². The lowest BCUT2D eigenvalue weighted by Crippen LogP contribution is -2.55. The van der Waals surface area contributed by atoms with Gasteiger partial charge in [0.05, 0.1) is 18.7 Å². The monoisotopic (exact) mass is 359 g/mol. The second-order valence-corrected chi connectivity index (χ2v) is 7.06. The second kappa shape index (κ2) is 7.43. The molecule has 8 heteroatoms. The number of carbonyl (C=O) groups excluding carboxylic acids is 2. The van der Waals surface area contributed by atoms with Crippen LogP contribution in [-0.4, -0.2) is 82.0 Å². The average molecular weight is 359 g/mol. The number of aromatic nitrogens is 2. The number of piperidine rings is 1. The summed E-state index contributed by atoms with van der Waals surface area (Å²) in [5, 5.41) is 13.2. The van der Waals surface area contributed by atoms with Crippen molar-refractivity contribution in [3.63, 3.8) is 0 Å². The number of likely N-dealkylation sites (tertiary alicyclic amines) is 1. The summed E-state index contributed by atoms with van der Waals surface area (Å²) in [6.07, 6.45) is 3.46. The van der Waals surface area contributed by atoms with E-state index in [1.165, 1.54) is 4.90 Å². The quantitative estimate of drug-likeness (QED) is 0.795. The maximum atomic E-state index is 12.5. The Hall–Kier alpha value is -2.45. The summed E-state index contributed by atoms with van der Waals surface area (Å²) >= 11 is 0. The molecule has 1 aliphatic heterocycles. The molecule has 2 atom stereocenters. The third-order valence-electron chi connectivity index (χ3n) is 4.67. The molecule has 140 valence electrons. The molecule has 8 nitrogen and oxygen atoms in total. The number of pyridine rings is 1. The Labute approximate surface area is 152 Å². The maximum absolute atomic E-state index is 12.5. The van der Waals surface area contributed by atoms with E-state index in [2.05, 4.69) is 10.3 Å². The first-order valence-electron chi connectivity index (χ1n) is 8.70. The molecule has 2 amide bonds. The van der Waals surface area contributed by atoms with Crippen molar-refractivity contribution >= 4 is 17.5 Å². The first-order chi connectivity index (χ1) is 12.3. The molecule has 3 heterocycles. The summed E-state index contributed by atoms with van der Waals surface area (Å²) in [6.45, 7) is 3.25. The van der Waals surface area contributed by atoms with Gasteiger partial charge in [0.25, 0.3) is 5.91 Å². The van der Waals surface area contributed by atoms with Gasteiger partial charge in [-0.2, -0.15) is 0 Å². The highest BCUT2D eigenvalue weighted by atomic mass is 16.3. The van der Waals surface area contributed by atoms with Crippen molar-refractivity contribution < 1.29 is 14.7 Å². The number of amides is 2. The van der Waals surface area contributed by atoms with Gasteiger partial charge in [-0.25, -0.2) is 4.98 Å². The second-order valence-electron chi connectivity index (χ2n) is 7.06. The predicted octanol–water partition coefficient (Wildman–Crippen LogP) is -0.104. The fourth-order valence-corrected chi connectivity index (χ4v) is 3.10. The topological polar surface area (TPSA) is 90.2 Å². The van der Waals surface area contributed by atoms with E-state index in [1.54, 1.807) is 20.3 Å². The zero-order valence-electron chi connectivity index (χ0n) is 15.3. The van der Waals surface area contributed by atoms with Crippen LogP contribution in [0.3, 0.4) is 0 Å². The van der Waals surface area contributed by atoms with Crippen LogP contribution in [0.25, 0.3) is 5.65 Å². The third-order valence-corrected chi connectivity index (χ3v) is 4.67. The van der Waals surface area contributed by atoms with E-state index in [0.717, 1.165) is 5.56 Å². The molecule has 1 aliphatic rings. The lowest BCUT2D eigenvalue weighted by atomic mass is 10.0. The minimum absolute atomic E-state index is 0.000297. The molecule has 0 bridgehead atoms. The molecule has 0 spiro atoms. The molecule has 1 fully saturated rings. The number of hydrogen-bond donors (Lipinski definition) is 2. The zero-order chi connectivity index (χ0) is 18.8. The van der Waals surface area contributed by atoms with Gasteiger partial charge in [-0.1, -0.05) is 6.07 Å². The normalized spacial score (nSPS) is 20.9. The number of fused-ring (bicyclic) bond motifs is 1. The highest BCUT2D eigenvalue weighted by Gasteiger charge is 2.30. The van der Waals surface area contributed by atoms with Gasteiger partial charge in [0.1, 0.15) is 11.3 Å². The highest BCUT2D eigenvalue weighted by molar-refractivity contribution is 5.93. The Morgan fingerprint density at radius 2 is 2.12 bits per heavy atom.